The molecule has 2 aromatic rings. The molecular weight excluding hydrogens is 350 g/mol. The van der Waals surface area contributed by atoms with Crippen molar-refractivity contribution in [2.75, 3.05) is 33.3 Å². The summed E-state index contributed by atoms with van der Waals surface area (Å²) in [5.74, 6) is 0.863. The third kappa shape index (κ3) is 5.99. The highest BCUT2D eigenvalue weighted by Crippen LogP contribution is 2.17. The Bertz CT molecular complexity index is 730. The van der Waals surface area contributed by atoms with Gasteiger partial charge in [0.2, 0.25) is 0 Å². The number of likely N-dealkylation sites (tertiary alicyclic amines) is 1. The van der Waals surface area contributed by atoms with Gasteiger partial charge in [-0.1, -0.05) is 48.5 Å². The number of methoxy groups -OCH3 is 1. The van der Waals surface area contributed by atoms with Crippen LogP contribution in [0.2, 0.25) is 0 Å². The standard InChI is InChI=1S/C23H31N3O2/c1-28-22-12-6-5-11-20(22)13-14-24-23(27)25-18-21(26-15-7-8-16-26)17-19-9-3-2-4-10-19/h2-6,9-12,21H,7-8,13-18H2,1H3,(H2,24,25,27). The van der Waals surface area contributed by atoms with Crippen molar-refractivity contribution in [3.63, 3.8) is 0 Å². The molecule has 0 spiro atoms. The van der Waals surface area contributed by atoms with Crippen molar-refractivity contribution in [1.29, 1.82) is 0 Å². The molecule has 1 aliphatic heterocycles. The Morgan fingerprint density at radius 1 is 1.04 bits per heavy atom. The van der Waals surface area contributed by atoms with Crippen molar-refractivity contribution in [2.45, 2.75) is 31.7 Å². The first-order valence-corrected chi connectivity index (χ1v) is 10.2. The van der Waals surface area contributed by atoms with E-state index in [2.05, 4.69) is 39.8 Å². The molecule has 5 heteroatoms. The Morgan fingerprint density at radius 2 is 1.75 bits per heavy atom. The van der Waals surface area contributed by atoms with Gasteiger partial charge in [-0.3, -0.25) is 4.90 Å². The molecule has 1 aliphatic rings. The third-order valence-corrected chi connectivity index (χ3v) is 5.34. The van der Waals surface area contributed by atoms with E-state index in [1.54, 1.807) is 7.11 Å². The number of nitrogens with zero attached hydrogens (tertiary/aromatic N) is 1. The van der Waals surface area contributed by atoms with E-state index in [9.17, 15) is 4.79 Å². The first-order valence-electron chi connectivity index (χ1n) is 10.2. The minimum atomic E-state index is -0.104. The van der Waals surface area contributed by atoms with E-state index in [0.717, 1.165) is 37.2 Å². The summed E-state index contributed by atoms with van der Waals surface area (Å²) in [6, 6.07) is 18.7. The molecule has 2 aromatic carbocycles. The maximum absolute atomic E-state index is 12.3. The normalized spacial score (nSPS) is 15.2. The van der Waals surface area contributed by atoms with Gasteiger partial charge in [-0.25, -0.2) is 4.79 Å². The quantitative estimate of drug-likeness (QED) is 0.701. The zero-order valence-electron chi connectivity index (χ0n) is 16.7. The number of carbonyl (C=O) groups excluding carboxylic acids is 1. The zero-order chi connectivity index (χ0) is 19.6. The fourth-order valence-corrected chi connectivity index (χ4v) is 3.82. The average Bonchev–Trinajstić information content (AvgIpc) is 3.27. The van der Waals surface area contributed by atoms with E-state index in [1.165, 1.54) is 18.4 Å². The largest absolute Gasteiger partial charge is 0.496 e. The molecule has 1 heterocycles. The van der Waals surface area contributed by atoms with Crippen LogP contribution in [-0.2, 0) is 12.8 Å². The Labute approximate surface area is 168 Å². The molecule has 0 aliphatic carbocycles. The Balaban J connectivity index is 1.46. The lowest BCUT2D eigenvalue weighted by Crippen LogP contribution is -2.47. The van der Waals surface area contributed by atoms with Crippen molar-refractivity contribution >= 4 is 6.03 Å². The molecule has 0 radical (unpaired) electrons. The summed E-state index contributed by atoms with van der Waals surface area (Å²) in [7, 11) is 1.67. The monoisotopic (exact) mass is 381 g/mol. The van der Waals surface area contributed by atoms with Gasteiger partial charge in [-0.05, 0) is 56.0 Å². The van der Waals surface area contributed by atoms with E-state index >= 15 is 0 Å². The van der Waals surface area contributed by atoms with Crippen LogP contribution in [0.3, 0.4) is 0 Å². The van der Waals surface area contributed by atoms with Gasteiger partial charge in [-0.15, -0.1) is 0 Å². The second kappa shape index (κ2) is 10.7. The molecule has 28 heavy (non-hydrogen) atoms. The molecule has 1 saturated heterocycles. The summed E-state index contributed by atoms with van der Waals surface area (Å²) in [5, 5.41) is 6.04. The van der Waals surface area contributed by atoms with E-state index in [0.29, 0.717) is 19.1 Å². The van der Waals surface area contributed by atoms with Crippen LogP contribution >= 0.6 is 0 Å². The van der Waals surface area contributed by atoms with Crippen LogP contribution in [0.1, 0.15) is 24.0 Å². The molecule has 1 fully saturated rings. The zero-order valence-corrected chi connectivity index (χ0v) is 16.7. The van der Waals surface area contributed by atoms with E-state index < -0.39 is 0 Å². The van der Waals surface area contributed by atoms with Crippen molar-refractivity contribution in [1.82, 2.24) is 15.5 Å². The van der Waals surface area contributed by atoms with E-state index in [4.69, 9.17) is 4.74 Å². The highest BCUT2D eigenvalue weighted by molar-refractivity contribution is 5.73. The fraction of sp³-hybridized carbons (Fsp3) is 0.435. The third-order valence-electron chi connectivity index (χ3n) is 5.34. The summed E-state index contributed by atoms with van der Waals surface area (Å²) in [5.41, 5.74) is 2.42. The summed E-state index contributed by atoms with van der Waals surface area (Å²) in [6.45, 7) is 3.48. The number of rotatable bonds is 9. The maximum Gasteiger partial charge on any atom is 0.314 e. The average molecular weight is 382 g/mol. The lowest BCUT2D eigenvalue weighted by atomic mass is 10.0. The fourth-order valence-electron chi connectivity index (χ4n) is 3.82. The number of ether oxygens (including phenoxy) is 1. The predicted molar refractivity (Wildman–Crippen MR) is 113 cm³/mol. The smallest absolute Gasteiger partial charge is 0.314 e. The van der Waals surface area contributed by atoms with Crippen LogP contribution in [0.4, 0.5) is 4.79 Å². The lowest BCUT2D eigenvalue weighted by Gasteiger charge is -2.28. The predicted octanol–water partition coefficient (Wildman–Crippen LogP) is 3.24. The number of benzene rings is 2. The highest BCUT2D eigenvalue weighted by Gasteiger charge is 2.22. The van der Waals surface area contributed by atoms with E-state index in [-0.39, 0.29) is 6.03 Å². The molecule has 0 bridgehead atoms. The van der Waals surface area contributed by atoms with Gasteiger partial charge in [0.25, 0.3) is 0 Å². The second-order valence-electron chi connectivity index (χ2n) is 7.29. The minimum absolute atomic E-state index is 0.104. The summed E-state index contributed by atoms with van der Waals surface area (Å²) < 4.78 is 5.36. The van der Waals surface area contributed by atoms with Gasteiger partial charge in [0.15, 0.2) is 0 Å². The van der Waals surface area contributed by atoms with Crippen molar-refractivity contribution in [3.8, 4) is 5.75 Å². The molecule has 3 rings (SSSR count). The first kappa shape index (κ1) is 20.2. The molecule has 2 N–H and O–H groups in total. The molecular formula is C23H31N3O2. The molecule has 1 unspecified atom stereocenters. The molecule has 150 valence electrons. The lowest BCUT2D eigenvalue weighted by molar-refractivity contribution is 0.218. The van der Waals surface area contributed by atoms with Gasteiger partial charge < -0.3 is 15.4 Å². The second-order valence-corrected chi connectivity index (χ2v) is 7.29. The topological polar surface area (TPSA) is 53.6 Å². The summed E-state index contributed by atoms with van der Waals surface area (Å²) in [6.07, 6.45) is 4.20. The van der Waals surface area contributed by atoms with Crippen molar-refractivity contribution in [3.05, 3.63) is 65.7 Å². The van der Waals surface area contributed by atoms with Gasteiger partial charge >= 0.3 is 6.03 Å². The van der Waals surface area contributed by atoms with Gasteiger partial charge in [0.05, 0.1) is 7.11 Å². The van der Waals surface area contributed by atoms with Crippen molar-refractivity contribution in [2.24, 2.45) is 0 Å². The van der Waals surface area contributed by atoms with Crippen LogP contribution < -0.4 is 15.4 Å². The highest BCUT2D eigenvalue weighted by atomic mass is 16.5. The summed E-state index contributed by atoms with van der Waals surface area (Å²) >= 11 is 0. The number of nitrogens with one attached hydrogen (secondary N) is 2. The number of hydrogen-bond donors (Lipinski definition) is 2. The van der Waals surface area contributed by atoms with Gasteiger partial charge in [0.1, 0.15) is 5.75 Å². The van der Waals surface area contributed by atoms with Crippen LogP contribution in [-0.4, -0.2) is 50.3 Å². The van der Waals surface area contributed by atoms with Gasteiger partial charge in [0, 0.05) is 19.1 Å². The van der Waals surface area contributed by atoms with Crippen LogP contribution in [0.15, 0.2) is 54.6 Å². The Hall–Kier alpha value is -2.53. The molecule has 0 saturated carbocycles. The van der Waals surface area contributed by atoms with Gasteiger partial charge in [-0.2, -0.15) is 0 Å². The molecule has 1 atom stereocenters. The van der Waals surface area contributed by atoms with E-state index in [1.807, 2.05) is 30.3 Å². The number of para-hydroxylation sites is 1. The molecule has 2 amide bonds. The number of hydrogen-bond acceptors (Lipinski definition) is 3. The number of urea groups is 1. The van der Waals surface area contributed by atoms with Crippen LogP contribution in [0, 0.1) is 0 Å². The maximum atomic E-state index is 12.3. The molecule has 0 aromatic heterocycles. The van der Waals surface area contributed by atoms with Crippen molar-refractivity contribution < 1.29 is 9.53 Å². The Kier molecular flexibility index (Phi) is 7.73. The summed E-state index contributed by atoms with van der Waals surface area (Å²) in [4.78, 5) is 14.8. The number of amides is 2. The first-order chi connectivity index (χ1) is 13.8. The number of carbonyl (C=O) groups is 1. The minimum Gasteiger partial charge on any atom is -0.496 e. The Morgan fingerprint density at radius 3 is 2.50 bits per heavy atom. The SMILES string of the molecule is COc1ccccc1CCNC(=O)NCC(Cc1ccccc1)N1CCCC1. The molecule has 5 nitrogen and oxygen atoms in total. The van der Waals surface area contributed by atoms with Crippen LogP contribution in [0.5, 0.6) is 5.75 Å². The van der Waals surface area contributed by atoms with Crippen LogP contribution in [0.25, 0.3) is 0 Å².